The number of carbonyl (C=O) groups is 3. The largest absolute Gasteiger partial charge is 0.475 e. The topological polar surface area (TPSA) is 189 Å². The Bertz CT molecular complexity index is 1860. The molecule has 17 heteroatoms. The van der Waals surface area contributed by atoms with Crippen molar-refractivity contribution in [2.45, 2.75) is 122 Å². The van der Waals surface area contributed by atoms with E-state index in [-0.39, 0.29) is 45.7 Å². The van der Waals surface area contributed by atoms with E-state index >= 15 is 9.13 Å². The van der Waals surface area contributed by atoms with Crippen molar-refractivity contribution in [3.05, 3.63) is 144 Å². The monoisotopic (exact) mass is 910 g/mol. The van der Waals surface area contributed by atoms with Crippen LogP contribution in [0, 0.1) is 0 Å². The Morgan fingerprint density at radius 2 is 0.683 bits per heavy atom. The average molecular weight is 911 g/mol. The van der Waals surface area contributed by atoms with Crippen LogP contribution in [0.1, 0.15) is 81.5 Å². The number of aliphatic hydroxyl groups is 1. The highest BCUT2D eigenvalue weighted by Crippen LogP contribution is 2.57. The van der Waals surface area contributed by atoms with Crippen LogP contribution in [0.25, 0.3) is 0 Å². The maximum Gasteiger partial charge on any atom is 0.475 e. The molecule has 1 N–H and O–H groups in total. The average Bonchev–Trinajstić information content (AvgIpc) is 3.29. The molecular weight excluding hydrogens is 854 g/mol. The summed E-state index contributed by atoms with van der Waals surface area (Å²) in [6.07, 6.45) is -11.0. The van der Waals surface area contributed by atoms with Gasteiger partial charge in [0.2, 0.25) is 0 Å². The molecule has 0 spiro atoms. The van der Waals surface area contributed by atoms with Gasteiger partial charge in [0, 0.05) is 19.3 Å². The number of hydrogen-bond donors (Lipinski definition) is 1. The van der Waals surface area contributed by atoms with Crippen LogP contribution in [0.5, 0.6) is 0 Å². The Balaban J connectivity index is 1.64. The summed E-state index contributed by atoms with van der Waals surface area (Å²) in [5, 5.41) is 12.3. The van der Waals surface area contributed by atoms with Crippen molar-refractivity contribution in [2.75, 3.05) is 0 Å². The molecule has 2 unspecified atom stereocenters. The van der Waals surface area contributed by atoms with E-state index in [1.165, 1.54) is 0 Å². The fourth-order valence-electron chi connectivity index (χ4n) is 6.43. The molecule has 1 fully saturated rings. The lowest BCUT2D eigenvalue weighted by molar-refractivity contribution is -0.243. The summed E-state index contributed by atoms with van der Waals surface area (Å²) in [7, 11) is -9.73. The van der Waals surface area contributed by atoms with Gasteiger partial charge in [-0.1, -0.05) is 142 Å². The van der Waals surface area contributed by atoms with Crippen LogP contribution in [-0.4, -0.2) is 59.6 Å². The number of rotatable bonds is 25. The molecule has 0 heterocycles. The maximum absolute atomic E-state index is 15.0. The highest BCUT2D eigenvalue weighted by Gasteiger charge is 2.61. The predicted octanol–water partition coefficient (Wildman–Crippen LogP) is 9.35. The highest BCUT2D eigenvalue weighted by atomic mass is 31.2. The fraction of sp³-hybridized carbons (Fsp3) is 0.413. The lowest BCUT2D eigenvalue weighted by Gasteiger charge is -2.47. The Hall–Kier alpha value is -4.53. The minimum Gasteiger partial charge on any atom is -0.456 e. The SMILES string of the molecule is CCCC(=O)OC1[C@@H](OP(=O)(OCc2ccccc2)OCc2ccccc2)[C@@H](OC(=O)CCC)C(O)[C@H](OC(=O)CCC)[C@H]1OP(=O)(OCc1ccccc1)OCc1ccccc1. The predicted molar refractivity (Wildman–Crippen MR) is 230 cm³/mol. The first-order valence-electron chi connectivity index (χ1n) is 21.0. The number of phosphoric ester groups is 2. The van der Waals surface area contributed by atoms with Crippen LogP contribution < -0.4 is 0 Å². The molecule has 0 aliphatic heterocycles. The van der Waals surface area contributed by atoms with E-state index < -0.39 is 70.2 Å². The molecule has 4 aromatic rings. The van der Waals surface area contributed by atoms with Crippen LogP contribution in [0.4, 0.5) is 0 Å². The van der Waals surface area contributed by atoms with Gasteiger partial charge in [-0.3, -0.25) is 41.5 Å². The van der Waals surface area contributed by atoms with Gasteiger partial charge in [-0.25, -0.2) is 9.13 Å². The smallest absolute Gasteiger partial charge is 0.456 e. The molecule has 0 saturated heterocycles. The summed E-state index contributed by atoms with van der Waals surface area (Å²) in [4.78, 5) is 40.3. The first kappa shape index (κ1) is 49.5. The molecule has 6 atom stereocenters. The molecule has 63 heavy (non-hydrogen) atoms. The van der Waals surface area contributed by atoms with Crippen molar-refractivity contribution in [2.24, 2.45) is 0 Å². The second-order valence-corrected chi connectivity index (χ2v) is 17.9. The third-order valence-corrected chi connectivity index (χ3v) is 12.3. The summed E-state index contributed by atoms with van der Waals surface area (Å²) in [6.45, 7) is 4.00. The first-order valence-corrected chi connectivity index (χ1v) is 23.9. The van der Waals surface area contributed by atoms with E-state index in [1.807, 2.05) is 0 Å². The molecule has 340 valence electrons. The molecule has 0 amide bonds. The van der Waals surface area contributed by atoms with Gasteiger partial charge in [-0.2, -0.15) is 0 Å². The van der Waals surface area contributed by atoms with E-state index in [2.05, 4.69) is 0 Å². The summed E-state index contributed by atoms with van der Waals surface area (Å²) in [5.74, 6) is -2.48. The van der Waals surface area contributed by atoms with E-state index in [0.29, 0.717) is 41.5 Å². The van der Waals surface area contributed by atoms with Crippen LogP contribution >= 0.6 is 15.6 Å². The van der Waals surface area contributed by atoms with E-state index in [4.69, 9.17) is 41.4 Å². The lowest BCUT2D eigenvalue weighted by atomic mass is 9.84. The molecule has 1 aliphatic rings. The van der Waals surface area contributed by atoms with Gasteiger partial charge >= 0.3 is 33.6 Å². The zero-order chi connectivity index (χ0) is 45.1. The van der Waals surface area contributed by atoms with Gasteiger partial charge in [0.05, 0.1) is 26.4 Å². The number of esters is 3. The normalized spacial score (nSPS) is 20.1. The van der Waals surface area contributed by atoms with Crippen molar-refractivity contribution in [3.63, 3.8) is 0 Å². The van der Waals surface area contributed by atoms with Crippen LogP contribution in [-0.2, 0) is 91.3 Å². The van der Waals surface area contributed by atoms with Crippen molar-refractivity contribution < 1.29 is 70.0 Å². The molecule has 15 nitrogen and oxygen atoms in total. The fourth-order valence-corrected chi connectivity index (χ4v) is 9.13. The zero-order valence-corrected chi connectivity index (χ0v) is 37.4. The quantitative estimate of drug-likeness (QED) is 0.0376. The molecule has 0 aromatic heterocycles. The Kier molecular flexibility index (Phi) is 19.7. The summed E-state index contributed by atoms with van der Waals surface area (Å²) in [5.41, 5.74) is 2.34. The van der Waals surface area contributed by atoms with Gasteiger partial charge in [0.15, 0.2) is 18.3 Å². The van der Waals surface area contributed by atoms with Crippen molar-refractivity contribution >= 4 is 33.6 Å². The number of ether oxygens (including phenoxy) is 3. The minimum absolute atomic E-state index is 0.126. The van der Waals surface area contributed by atoms with Gasteiger partial charge in [-0.15, -0.1) is 0 Å². The molecule has 0 radical (unpaired) electrons. The summed E-state index contributed by atoms with van der Waals surface area (Å²) >= 11 is 0. The van der Waals surface area contributed by atoms with Gasteiger partial charge in [0.25, 0.3) is 0 Å². The number of benzene rings is 4. The van der Waals surface area contributed by atoms with Crippen molar-refractivity contribution in [3.8, 4) is 0 Å². The Morgan fingerprint density at radius 3 is 0.937 bits per heavy atom. The van der Waals surface area contributed by atoms with Gasteiger partial charge in [-0.05, 0) is 41.5 Å². The molecule has 5 rings (SSSR count). The first-order chi connectivity index (χ1) is 30.4. The van der Waals surface area contributed by atoms with E-state index in [9.17, 15) is 19.5 Å². The third-order valence-electron chi connectivity index (χ3n) is 9.56. The second-order valence-electron chi connectivity index (χ2n) is 14.7. The number of aliphatic hydroxyl groups excluding tert-OH is 1. The van der Waals surface area contributed by atoms with Gasteiger partial charge in [0.1, 0.15) is 18.3 Å². The van der Waals surface area contributed by atoms with Crippen molar-refractivity contribution in [1.29, 1.82) is 0 Å². The molecule has 4 aromatic carbocycles. The molecular formula is C46H56O15P2. The minimum atomic E-state index is -4.87. The van der Waals surface area contributed by atoms with Crippen molar-refractivity contribution in [1.82, 2.24) is 0 Å². The lowest BCUT2D eigenvalue weighted by Crippen LogP contribution is -2.67. The Morgan fingerprint density at radius 1 is 0.429 bits per heavy atom. The van der Waals surface area contributed by atoms with Crippen LogP contribution in [0.15, 0.2) is 121 Å². The number of hydrogen-bond acceptors (Lipinski definition) is 15. The number of phosphoric acid groups is 2. The standard InChI is InChI=1S/C46H56O15P2/c1-4-19-38(47)57-42-41(50)43(58-39(48)20-5-2)46(61-63(52,55-32-36-26-15-9-16-27-36)56-33-37-28-17-10-18-29-37)44(59-40(49)21-6-3)45(42)60-62(51,53-30-34-22-11-7-12-23-34)54-31-35-24-13-8-14-25-35/h7-18,22-29,41-46,50H,4-6,19-21,30-33H2,1-3H3/t41?,42-,43-,44?,45-,46+/m0/s1. The van der Waals surface area contributed by atoms with Crippen LogP contribution in [0.3, 0.4) is 0 Å². The maximum atomic E-state index is 15.0. The van der Waals surface area contributed by atoms with E-state index in [0.717, 1.165) is 0 Å². The van der Waals surface area contributed by atoms with Crippen LogP contribution in [0.2, 0.25) is 0 Å². The van der Waals surface area contributed by atoms with E-state index in [1.54, 1.807) is 142 Å². The molecule has 1 saturated carbocycles. The highest BCUT2D eigenvalue weighted by molar-refractivity contribution is 7.48. The second kappa shape index (κ2) is 25.1. The summed E-state index contributed by atoms with van der Waals surface area (Å²) in [6, 6.07) is 34.9. The zero-order valence-electron chi connectivity index (χ0n) is 35.6. The molecule has 0 bridgehead atoms. The number of carbonyl (C=O) groups excluding carboxylic acids is 3. The third kappa shape index (κ3) is 15.6. The summed E-state index contributed by atoms with van der Waals surface area (Å²) < 4.78 is 84.1. The molecule has 1 aliphatic carbocycles. The Labute approximate surface area is 368 Å². The van der Waals surface area contributed by atoms with Gasteiger partial charge < -0.3 is 19.3 Å².